The van der Waals surface area contributed by atoms with E-state index in [1.54, 1.807) is 36.4 Å². The Morgan fingerprint density at radius 1 is 0.958 bits per heavy atom. The van der Waals surface area contributed by atoms with Gasteiger partial charge in [-0.25, -0.2) is 4.79 Å². The van der Waals surface area contributed by atoms with Crippen molar-refractivity contribution in [3.05, 3.63) is 57.5 Å². The summed E-state index contributed by atoms with van der Waals surface area (Å²) >= 11 is 17.5. The molecular formula is C16H12Cl3NO4. The van der Waals surface area contributed by atoms with Crippen molar-refractivity contribution in [2.45, 2.75) is 0 Å². The molecule has 0 saturated carbocycles. The monoisotopic (exact) mass is 387 g/mol. The van der Waals surface area contributed by atoms with E-state index < -0.39 is 18.5 Å². The SMILES string of the molecule is O=C(COC(=O)COc1cccc(Cl)c1)Nc1cc(Cl)ccc1Cl. The maximum absolute atomic E-state index is 11.8. The predicted molar refractivity (Wildman–Crippen MR) is 93.0 cm³/mol. The highest BCUT2D eigenvalue weighted by Crippen LogP contribution is 2.25. The van der Waals surface area contributed by atoms with Crippen LogP contribution in [0.1, 0.15) is 0 Å². The molecule has 0 saturated heterocycles. The van der Waals surface area contributed by atoms with E-state index in [4.69, 9.17) is 44.3 Å². The summed E-state index contributed by atoms with van der Waals surface area (Å²) in [5.41, 5.74) is 0.334. The molecule has 0 heterocycles. The first-order valence-corrected chi connectivity index (χ1v) is 7.86. The Morgan fingerprint density at radius 2 is 1.71 bits per heavy atom. The van der Waals surface area contributed by atoms with Crippen LogP contribution in [-0.4, -0.2) is 25.1 Å². The van der Waals surface area contributed by atoms with Crippen molar-refractivity contribution >= 4 is 52.4 Å². The number of carbonyl (C=O) groups is 2. The summed E-state index contributed by atoms with van der Waals surface area (Å²) in [5.74, 6) is -0.813. The van der Waals surface area contributed by atoms with Gasteiger partial charge in [-0.3, -0.25) is 4.79 Å². The number of halogens is 3. The highest BCUT2D eigenvalue weighted by molar-refractivity contribution is 6.35. The molecule has 1 amide bonds. The Balaban J connectivity index is 1.77. The Labute approximate surface area is 153 Å². The lowest BCUT2D eigenvalue weighted by atomic mass is 10.3. The van der Waals surface area contributed by atoms with Gasteiger partial charge in [-0.05, 0) is 36.4 Å². The van der Waals surface area contributed by atoms with Crippen LogP contribution in [0.15, 0.2) is 42.5 Å². The molecule has 0 spiro atoms. The molecule has 8 heteroatoms. The second-order valence-electron chi connectivity index (χ2n) is 4.58. The van der Waals surface area contributed by atoms with Crippen molar-refractivity contribution < 1.29 is 19.1 Å². The third-order valence-corrected chi connectivity index (χ3v) is 3.52. The standard InChI is InChI=1S/C16H12Cl3NO4/c17-10-2-1-3-12(6-10)23-9-16(22)24-8-15(21)20-14-7-11(18)4-5-13(14)19/h1-7H,8-9H2,(H,20,21). The maximum atomic E-state index is 11.8. The summed E-state index contributed by atoms with van der Waals surface area (Å²) in [7, 11) is 0. The molecule has 0 aliphatic heterocycles. The van der Waals surface area contributed by atoms with Crippen LogP contribution in [0, 0.1) is 0 Å². The molecule has 0 bridgehead atoms. The molecule has 126 valence electrons. The third-order valence-electron chi connectivity index (χ3n) is 2.72. The number of esters is 1. The molecule has 0 aliphatic carbocycles. The van der Waals surface area contributed by atoms with Crippen molar-refractivity contribution in [1.82, 2.24) is 0 Å². The number of carbonyl (C=O) groups excluding carboxylic acids is 2. The quantitative estimate of drug-likeness (QED) is 0.753. The molecule has 2 aromatic rings. The van der Waals surface area contributed by atoms with Gasteiger partial charge in [-0.1, -0.05) is 40.9 Å². The van der Waals surface area contributed by atoms with Crippen LogP contribution in [0.2, 0.25) is 15.1 Å². The van der Waals surface area contributed by atoms with Gasteiger partial charge in [0.05, 0.1) is 10.7 Å². The van der Waals surface area contributed by atoms with Gasteiger partial charge in [0, 0.05) is 10.0 Å². The third kappa shape index (κ3) is 5.92. The minimum Gasteiger partial charge on any atom is -0.482 e. The minimum atomic E-state index is -0.692. The van der Waals surface area contributed by atoms with Crippen molar-refractivity contribution in [2.24, 2.45) is 0 Å². The highest BCUT2D eigenvalue weighted by Gasteiger charge is 2.11. The van der Waals surface area contributed by atoms with Crippen molar-refractivity contribution in [3.63, 3.8) is 0 Å². The zero-order valence-electron chi connectivity index (χ0n) is 12.2. The number of ether oxygens (including phenoxy) is 2. The highest BCUT2D eigenvalue weighted by atomic mass is 35.5. The van der Waals surface area contributed by atoms with E-state index >= 15 is 0 Å². The molecule has 0 aromatic heterocycles. The zero-order chi connectivity index (χ0) is 17.5. The van der Waals surface area contributed by atoms with Crippen LogP contribution < -0.4 is 10.1 Å². The first kappa shape index (κ1) is 18.4. The molecule has 24 heavy (non-hydrogen) atoms. The molecule has 2 rings (SSSR count). The Hall–Kier alpha value is -1.95. The van der Waals surface area contributed by atoms with Crippen molar-refractivity contribution in [3.8, 4) is 5.75 Å². The molecule has 5 nitrogen and oxygen atoms in total. The number of anilines is 1. The second kappa shape index (κ2) is 8.78. The van der Waals surface area contributed by atoms with E-state index in [2.05, 4.69) is 5.32 Å². The number of hydrogen-bond acceptors (Lipinski definition) is 4. The van der Waals surface area contributed by atoms with Crippen molar-refractivity contribution in [2.75, 3.05) is 18.5 Å². The summed E-state index contributed by atoms with van der Waals surface area (Å²) in [4.78, 5) is 23.3. The summed E-state index contributed by atoms with van der Waals surface area (Å²) in [6.07, 6.45) is 0. The van der Waals surface area contributed by atoms with E-state index in [0.717, 1.165) is 0 Å². The van der Waals surface area contributed by atoms with Gasteiger partial charge in [0.15, 0.2) is 13.2 Å². The van der Waals surface area contributed by atoms with Crippen LogP contribution in [0.5, 0.6) is 5.75 Å². The molecule has 0 radical (unpaired) electrons. The van der Waals surface area contributed by atoms with E-state index in [-0.39, 0.29) is 6.61 Å². The number of benzene rings is 2. The zero-order valence-corrected chi connectivity index (χ0v) is 14.5. The Kier molecular flexibility index (Phi) is 6.73. The lowest BCUT2D eigenvalue weighted by Crippen LogP contribution is -2.23. The van der Waals surface area contributed by atoms with Gasteiger partial charge in [-0.2, -0.15) is 0 Å². The molecule has 2 aromatic carbocycles. The summed E-state index contributed by atoms with van der Waals surface area (Å²) in [6, 6.07) is 11.2. The molecule has 0 atom stereocenters. The van der Waals surface area contributed by atoms with Gasteiger partial charge in [0.25, 0.3) is 5.91 Å². The van der Waals surface area contributed by atoms with Crippen LogP contribution in [-0.2, 0) is 14.3 Å². The summed E-state index contributed by atoms with van der Waals surface area (Å²) in [6.45, 7) is -0.813. The Morgan fingerprint density at radius 3 is 2.46 bits per heavy atom. The molecular weight excluding hydrogens is 377 g/mol. The van der Waals surface area contributed by atoms with E-state index in [0.29, 0.717) is 26.5 Å². The molecule has 1 N–H and O–H groups in total. The normalized spacial score (nSPS) is 10.1. The fourth-order valence-electron chi connectivity index (χ4n) is 1.67. The first-order valence-electron chi connectivity index (χ1n) is 6.73. The van der Waals surface area contributed by atoms with Gasteiger partial charge in [0.1, 0.15) is 5.75 Å². The predicted octanol–water partition coefficient (Wildman–Crippen LogP) is 4.21. The average molecular weight is 389 g/mol. The van der Waals surface area contributed by atoms with Crippen molar-refractivity contribution in [1.29, 1.82) is 0 Å². The topological polar surface area (TPSA) is 64.6 Å². The molecule has 0 fully saturated rings. The van der Waals surface area contributed by atoms with Crippen LogP contribution in [0.3, 0.4) is 0 Å². The lowest BCUT2D eigenvalue weighted by Gasteiger charge is -2.09. The van der Waals surface area contributed by atoms with E-state index in [1.165, 1.54) is 6.07 Å². The summed E-state index contributed by atoms with van der Waals surface area (Å²) < 4.78 is 10.0. The number of rotatable bonds is 6. The molecule has 0 unspecified atom stereocenters. The second-order valence-corrected chi connectivity index (χ2v) is 5.86. The number of nitrogens with one attached hydrogen (secondary N) is 1. The van der Waals surface area contributed by atoms with Gasteiger partial charge >= 0.3 is 5.97 Å². The maximum Gasteiger partial charge on any atom is 0.344 e. The fraction of sp³-hybridized carbons (Fsp3) is 0.125. The lowest BCUT2D eigenvalue weighted by molar-refractivity contribution is -0.149. The number of hydrogen-bond donors (Lipinski definition) is 1. The minimum absolute atomic E-state index is 0.323. The largest absolute Gasteiger partial charge is 0.482 e. The van der Waals surface area contributed by atoms with E-state index in [1.807, 2.05) is 0 Å². The fourth-order valence-corrected chi connectivity index (χ4v) is 2.18. The van der Waals surface area contributed by atoms with Crippen LogP contribution >= 0.6 is 34.8 Å². The number of amides is 1. The average Bonchev–Trinajstić information content (AvgIpc) is 2.54. The Bertz CT molecular complexity index is 752. The first-order chi connectivity index (χ1) is 11.4. The van der Waals surface area contributed by atoms with Gasteiger partial charge in [-0.15, -0.1) is 0 Å². The summed E-state index contributed by atoms with van der Waals surface area (Å²) in [5, 5.41) is 3.72. The van der Waals surface area contributed by atoms with Crippen LogP contribution in [0.4, 0.5) is 5.69 Å². The molecule has 0 aliphatic rings. The van der Waals surface area contributed by atoms with Gasteiger partial charge < -0.3 is 14.8 Å². The van der Waals surface area contributed by atoms with Gasteiger partial charge in [0.2, 0.25) is 0 Å². The van der Waals surface area contributed by atoms with E-state index in [9.17, 15) is 9.59 Å². The smallest absolute Gasteiger partial charge is 0.344 e. The van der Waals surface area contributed by atoms with Crippen LogP contribution in [0.25, 0.3) is 0 Å².